The van der Waals surface area contributed by atoms with Crippen LogP contribution < -0.4 is 10.6 Å². The Morgan fingerprint density at radius 3 is 2.38 bits per heavy atom. The van der Waals surface area contributed by atoms with Gasteiger partial charge in [0.1, 0.15) is 5.82 Å². The lowest BCUT2D eigenvalue weighted by Gasteiger charge is -2.09. The van der Waals surface area contributed by atoms with Crippen LogP contribution in [0.25, 0.3) is 0 Å². The van der Waals surface area contributed by atoms with Crippen LogP contribution in [0.4, 0.5) is 23.2 Å². The molecule has 0 aromatic heterocycles. The smallest absolute Gasteiger partial charge is 0.253 e. The number of carbonyl (C=O) groups is 2. The molecule has 2 N–H and O–H groups in total. The number of rotatable bonds is 4. The summed E-state index contributed by atoms with van der Waals surface area (Å²) in [7, 11) is 0. The average molecular weight is 361 g/mol. The summed E-state index contributed by atoms with van der Waals surface area (Å²) >= 11 is 5.69. The molecule has 0 fully saturated rings. The standard InChI is InChI=1S/C15H9ClF4N2O2/c16-9-5-7(17)1-2-8(9)15(24)21-6-12(23)22-11-4-3-10(18)13(19)14(11)20/h1-5H,6H2,(H,21,24)(H,22,23). The fraction of sp³-hybridized carbons (Fsp3) is 0.0667. The third-order valence-electron chi connectivity index (χ3n) is 2.89. The quantitative estimate of drug-likeness (QED) is 0.649. The number of nitrogens with one attached hydrogen (secondary N) is 2. The molecule has 2 aromatic carbocycles. The van der Waals surface area contributed by atoms with Crippen molar-refractivity contribution < 1.29 is 27.2 Å². The minimum absolute atomic E-state index is 0.0649. The van der Waals surface area contributed by atoms with Gasteiger partial charge in [0.2, 0.25) is 5.91 Å². The maximum absolute atomic E-state index is 13.4. The van der Waals surface area contributed by atoms with Crippen LogP contribution in [-0.2, 0) is 4.79 Å². The van der Waals surface area contributed by atoms with Crippen molar-refractivity contribution in [1.29, 1.82) is 0 Å². The third-order valence-corrected chi connectivity index (χ3v) is 3.21. The monoisotopic (exact) mass is 360 g/mol. The van der Waals surface area contributed by atoms with Crippen molar-refractivity contribution in [2.24, 2.45) is 0 Å². The van der Waals surface area contributed by atoms with Crippen LogP contribution in [0, 0.1) is 23.3 Å². The molecule has 0 bridgehead atoms. The van der Waals surface area contributed by atoms with E-state index in [9.17, 15) is 27.2 Å². The lowest BCUT2D eigenvalue weighted by Crippen LogP contribution is -2.33. The first kappa shape index (κ1) is 17.7. The highest BCUT2D eigenvalue weighted by Crippen LogP contribution is 2.19. The van der Waals surface area contributed by atoms with E-state index in [4.69, 9.17) is 11.6 Å². The molecule has 0 unspecified atom stereocenters. The topological polar surface area (TPSA) is 58.2 Å². The molecular formula is C15H9ClF4N2O2. The minimum atomic E-state index is -1.73. The number of amides is 2. The molecule has 0 aliphatic rings. The van der Waals surface area contributed by atoms with Gasteiger partial charge in [-0.2, -0.15) is 0 Å². The molecule has 0 atom stereocenters. The number of hydrogen-bond acceptors (Lipinski definition) is 2. The van der Waals surface area contributed by atoms with Crippen molar-refractivity contribution in [3.8, 4) is 0 Å². The molecule has 9 heteroatoms. The van der Waals surface area contributed by atoms with E-state index >= 15 is 0 Å². The molecule has 0 aliphatic heterocycles. The van der Waals surface area contributed by atoms with E-state index in [0.717, 1.165) is 24.3 Å². The zero-order valence-corrected chi connectivity index (χ0v) is 12.6. The molecule has 2 amide bonds. The first-order valence-electron chi connectivity index (χ1n) is 6.46. The SMILES string of the molecule is O=C(CNC(=O)c1ccc(F)cc1Cl)Nc1ccc(F)c(F)c1F. The van der Waals surface area contributed by atoms with Gasteiger partial charge >= 0.3 is 0 Å². The molecule has 0 radical (unpaired) electrons. The van der Waals surface area contributed by atoms with Gasteiger partial charge in [-0.15, -0.1) is 0 Å². The van der Waals surface area contributed by atoms with E-state index in [1.54, 1.807) is 0 Å². The predicted octanol–water partition coefficient (Wildman–Crippen LogP) is 3.26. The van der Waals surface area contributed by atoms with E-state index in [1.807, 2.05) is 5.32 Å². The molecule has 0 heterocycles. The second-order valence-electron chi connectivity index (χ2n) is 4.58. The number of carbonyl (C=O) groups excluding carboxylic acids is 2. The zero-order chi connectivity index (χ0) is 17.9. The lowest BCUT2D eigenvalue weighted by molar-refractivity contribution is -0.115. The van der Waals surface area contributed by atoms with Crippen molar-refractivity contribution >= 4 is 29.1 Å². The van der Waals surface area contributed by atoms with Gasteiger partial charge < -0.3 is 10.6 Å². The van der Waals surface area contributed by atoms with Gasteiger partial charge in [0, 0.05) is 0 Å². The second kappa shape index (κ2) is 7.31. The first-order chi connectivity index (χ1) is 11.3. The Kier molecular flexibility index (Phi) is 5.40. The highest BCUT2D eigenvalue weighted by Gasteiger charge is 2.16. The molecule has 24 heavy (non-hydrogen) atoms. The highest BCUT2D eigenvalue weighted by molar-refractivity contribution is 6.33. The Morgan fingerprint density at radius 2 is 1.71 bits per heavy atom. The molecule has 0 saturated carbocycles. The molecule has 126 valence electrons. The number of anilines is 1. The van der Waals surface area contributed by atoms with E-state index in [1.165, 1.54) is 0 Å². The minimum Gasteiger partial charge on any atom is -0.343 e. The fourth-order valence-corrected chi connectivity index (χ4v) is 2.00. The molecule has 4 nitrogen and oxygen atoms in total. The normalized spacial score (nSPS) is 10.4. The van der Waals surface area contributed by atoms with Crippen LogP contribution in [0.3, 0.4) is 0 Å². The van der Waals surface area contributed by atoms with Crippen LogP contribution in [-0.4, -0.2) is 18.4 Å². The third kappa shape index (κ3) is 4.02. The molecule has 2 aromatic rings. The van der Waals surface area contributed by atoms with E-state index < -0.39 is 47.3 Å². The maximum atomic E-state index is 13.4. The van der Waals surface area contributed by atoms with Crippen LogP contribution in [0.2, 0.25) is 5.02 Å². The summed E-state index contributed by atoms with van der Waals surface area (Å²) in [5.41, 5.74) is -0.641. The average Bonchev–Trinajstić information content (AvgIpc) is 2.53. The van der Waals surface area contributed by atoms with Crippen molar-refractivity contribution in [2.45, 2.75) is 0 Å². The Hall–Kier alpha value is -2.61. The van der Waals surface area contributed by atoms with Crippen LogP contribution in [0.1, 0.15) is 10.4 Å². The Morgan fingerprint density at radius 1 is 1.00 bits per heavy atom. The molecule has 0 saturated heterocycles. The summed E-state index contributed by atoms with van der Waals surface area (Å²) in [6.45, 7) is -0.592. The highest BCUT2D eigenvalue weighted by atomic mass is 35.5. The summed E-state index contributed by atoms with van der Waals surface area (Å²) in [5, 5.41) is 4.00. The van der Waals surface area contributed by atoms with Crippen molar-refractivity contribution in [3.63, 3.8) is 0 Å². The number of halogens is 5. The maximum Gasteiger partial charge on any atom is 0.253 e. The largest absolute Gasteiger partial charge is 0.343 e. The first-order valence-corrected chi connectivity index (χ1v) is 6.84. The van der Waals surface area contributed by atoms with Crippen molar-refractivity contribution in [3.05, 3.63) is 64.2 Å². The lowest BCUT2D eigenvalue weighted by atomic mass is 10.2. The zero-order valence-electron chi connectivity index (χ0n) is 11.8. The van der Waals surface area contributed by atoms with Crippen LogP contribution in [0.15, 0.2) is 30.3 Å². The van der Waals surface area contributed by atoms with Gasteiger partial charge in [0.15, 0.2) is 17.5 Å². The molecule has 0 aliphatic carbocycles. The molecule has 2 rings (SSSR count). The van der Waals surface area contributed by atoms with Crippen molar-refractivity contribution in [1.82, 2.24) is 5.32 Å². The Balaban J connectivity index is 1.98. The predicted molar refractivity (Wildman–Crippen MR) is 78.7 cm³/mol. The summed E-state index contributed by atoms with van der Waals surface area (Å²) in [5.74, 6) is -6.97. The molecular weight excluding hydrogens is 352 g/mol. The number of hydrogen-bond donors (Lipinski definition) is 2. The summed E-state index contributed by atoms with van der Waals surface area (Å²) < 4.78 is 52.1. The van der Waals surface area contributed by atoms with Crippen LogP contribution in [0.5, 0.6) is 0 Å². The molecule has 0 spiro atoms. The number of benzene rings is 2. The Bertz CT molecular complexity index is 814. The summed E-state index contributed by atoms with van der Waals surface area (Å²) in [6.07, 6.45) is 0. The Labute approximate surface area is 138 Å². The van der Waals surface area contributed by atoms with E-state index in [0.29, 0.717) is 6.07 Å². The van der Waals surface area contributed by atoms with Gasteiger partial charge in [0.05, 0.1) is 22.8 Å². The van der Waals surface area contributed by atoms with E-state index in [-0.39, 0.29) is 10.6 Å². The van der Waals surface area contributed by atoms with Crippen LogP contribution >= 0.6 is 11.6 Å². The van der Waals surface area contributed by atoms with Gasteiger partial charge in [-0.25, -0.2) is 17.6 Å². The fourth-order valence-electron chi connectivity index (χ4n) is 1.75. The summed E-state index contributed by atoms with van der Waals surface area (Å²) in [6, 6.07) is 4.54. The van der Waals surface area contributed by atoms with E-state index in [2.05, 4.69) is 5.32 Å². The van der Waals surface area contributed by atoms with Gasteiger partial charge in [0.25, 0.3) is 5.91 Å². The summed E-state index contributed by atoms with van der Waals surface area (Å²) in [4.78, 5) is 23.5. The van der Waals surface area contributed by atoms with Gasteiger partial charge in [-0.3, -0.25) is 9.59 Å². The second-order valence-corrected chi connectivity index (χ2v) is 4.99. The van der Waals surface area contributed by atoms with Crippen molar-refractivity contribution in [2.75, 3.05) is 11.9 Å². The van der Waals surface area contributed by atoms with Gasteiger partial charge in [-0.1, -0.05) is 11.6 Å². The van der Waals surface area contributed by atoms with Gasteiger partial charge in [-0.05, 0) is 30.3 Å².